The molecule has 2 heterocycles. The molecular weight excluding hydrogens is 485 g/mol. The number of hydrogen-bond donors (Lipinski definition) is 2. The van der Waals surface area contributed by atoms with E-state index in [9.17, 15) is 0 Å². The summed E-state index contributed by atoms with van der Waals surface area (Å²) >= 11 is 0. The van der Waals surface area contributed by atoms with Crippen LogP contribution in [0.5, 0.6) is 0 Å². The van der Waals surface area contributed by atoms with Gasteiger partial charge in [0.25, 0.3) is 0 Å². The molecule has 1 aromatic carbocycles. The number of benzene rings is 1. The number of halogens is 1. The van der Waals surface area contributed by atoms with Crippen LogP contribution in [0.4, 0.5) is 0 Å². The van der Waals surface area contributed by atoms with Crippen molar-refractivity contribution in [3.8, 4) is 0 Å². The van der Waals surface area contributed by atoms with E-state index >= 15 is 0 Å². The van der Waals surface area contributed by atoms with E-state index in [1.807, 2.05) is 18.3 Å². The van der Waals surface area contributed by atoms with E-state index in [1.165, 1.54) is 37.1 Å². The first-order chi connectivity index (χ1) is 14.2. The molecule has 1 aromatic heterocycles. The Hall–Kier alpha value is -1.67. The maximum absolute atomic E-state index is 4.73. The first-order valence-electron chi connectivity index (χ1n) is 10.9. The van der Waals surface area contributed by atoms with Gasteiger partial charge in [0.2, 0.25) is 0 Å². The fourth-order valence-electron chi connectivity index (χ4n) is 3.60. The number of nitrogens with zero attached hydrogens (tertiary/aromatic N) is 3. The zero-order valence-corrected chi connectivity index (χ0v) is 20.6. The summed E-state index contributed by atoms with van der Waals surface area (Å²) in [4.78, 5) is 11.7. The first kappa shape index (κ1) is 24.6. The second-order valence-corrected chi connectivity index (χ2v) is 7.97. The molecule has 164 valence electrons. The number of nitrogens with one attached hydrogen (secondary N) is 2. The molecule has 0 aliphatic carbocycles. The third-order valence-corrected chi connectivity index (χ3v) is 5.47. The summed E-state index contributed by atoms with van der Waals surface area (Å²) in [6.07, 6.45) is 5.37. The third-order valence-electron chi connectivity index (χ3n) is 5.47. The van der Waals surface area contributed by atoms with Gasteiger partial charge in [-0.3, -0.25) is 9.88 Å². The van der Waals surface area contributed by atoms with Crippen molar-refractivity contribution in [2.45, 2.75) is 46.2 Å². The number of guanidine groups is 1. The van der Waals surface area contributed by atoms with Gasteiger partial charge in [-0.05, 0) is 62.0 Å². The van der Waals surface area contributed by atoms with E-state index in [-0.39, 0.29) is 24.0 Å². The molecule has 0 atom stereocenters. The van der Waals surface area contributed by atoms with Crippen LogP contribution in [0, 0.1) is 5.92 Å². The van der Waals surface area contributed by atoms with Gasteiger partial charge < -0.3 is 10.6 Å². The van der Waals surface area contributed by atoms with Crippen molar-refractivity contribution < 1.29 is 0 Å². The molecular formula is C24H36IN5. The minimum absolute atomic E-state index is 0. The van der Waals surface area contributed by atoms with E-state index in [1.54, 1.807) is 0 Å². The summed E-state index contributed by atoms with van der Waals surface area (Å²) in [6.45, 7) is 10.3. The van der Waals surface area contributed by atoms with Crippen LogP contribution < -0.4 is 10.6 Å². The summed E-state index contributed by atoms with van der Waals surface area (Å²) in [5.74, 6) is 1.74. The smallest absolute Gasteiger partial charge is 0.191 e. The Morgan fingerprint density at radius 2 is 1.80 bits per heavy atom. The monoisotopic (exact) mass is 521 g/mol. The molecule has 5 nitrogen and oxygen atoms in total. The van der Waals surface area contributed by atoms with Crippen LogP contribution in [0.25, 0.3) is 0 Å². The second-order valence-electron chi connectivity index (χ2n) is 7.97. The lowest BCUT2D eigenvalue weighted by molar-refractivity contribution is 0.185. The third kappa shape index (κ3) is 8.60. The number of aliphatic imine (C=N–C) groups is 1. The topological polar surface area (TPSA) is 52.6 Å². The molecule has 2 N–H and O–H groups in total. The molecule has 2 aromatic rings. The maximum Gasteiger partial charge on any atom is 0.191 e. The van der Waals surface area contributed by atoms with Crippen molar-refractivity contribution in [3.05, 3.63) is 65.5 Å². The van der Waals surface area contributed by atoms with Crippen molar-refractivity contribution in [2.75, 3.05) is 26.2 Å². The SMILES string of the molecule is CCNC(=NCc1ccc(CN2CCC(C)CC2)cc1)NCCc1ccccn1.I. The molecule has 0 amide bonds. The highest BCUT2D eigenvalue weighted by atomic mass is 127. The van der Waals surface area contributed by atoms with Gasteiger partial charge in [-0.2, -0.15) is 0 Å². The van der Waals surface area contributed by atoms with Crippen molar-refractivity contribution >= 4 is 29.9 Å². The Balaban J connectivity index is 0.00000320. The lowest BCUT2D eigenvalue weighted by Crippen LogP contribution is -2.38. The Bertz CT molecular complexity index is 740. The van der Waals surface area contributed by atoms with Crippen LogP contribution in [0.15, 0.2) is 53.7 Å². The minimum atomic E-state index is 0. The average Bonchev–Trinajstić information content (AvgIpc) is 2.75. The molecule has 0 radical (unpaired) electrons. The summed E-state index contributed by atoms with van der Waals surface area (Å²) in [5, 5.41) is 6.72. The van der Waals surface area contributed by atoms with Gasteiger partial charge in [-0.25, -0.2) is 4.99 Å². The van der Waals surface area contributed by atoms with Crippen LogP contribution in [-0.4, -0.2) is 42.0 Å². The zero-order valence-electron chi connectivity index (χ0n) is 18.3. The normalized spacial score (nSPS) is 15.5. The van der Waals surface area contributed by atoms with Gasteiger partial charge in [0.15, 0.2) is 5.96 Å². The van der Waals surface area contributed by atoms with Gasteiger partial charge in [0, 0.05) is 37.9 Å². The zero-order chi connectivity index (χ0) is 20.3. The molecule has 1 aliphatic heterocycles. The summed E-state index contributed by atoms with van der Waals surface area (Å²) in [6, 6.07) is 15.0. The van der Waals surface area contributed by atoms with Crippen LogP contribution in [0.3, 0.4) is 0 Å². The number of likely N-dealkylation sites (tertiary alicyclic amines) is 1. The van der Waals surface area contributed by atoms with E-state index in [0.717, 1.165) is 43.6 Å². The van der Waals surface area contributed by atoms with Gasteiger partial charge in [0.05, 0.1) is 6.54 Å². The maximum atomic E-state index is 4.73. The van der Waals surface area contributed by atoms with Crippen molar-refractivity contribution in [3.63, 3.8) is 0 Å². The molecule has 3 rings (SSSR count). The summed E-state index contributed by atoms with van der Waals surface area (Å²) in [5.41, 5.74) is 3.73. The highest BCUT2D eigenvalue weighted by Gasteiger charge is 2.15. The predicted octanol–water partition coefficient (Wildman–Crippen LogP) is 4.23. The van der Waals surface area contributed by atoms with Crippen LogP contribution in [-0.2, 0) is 19.5 Å². The van der Waals surface area contributed by atoms with Crippen molar-refractivity contribution in [1.29, 1.82) is 0 Å². The average molecular weight is 521 g/mol. The van der Waals surface area contributed by atoms with Crippen molar-refractivity contribution in [2.24, 2.45) is 10.9 Å². The molecule has 1 saturated heterocycles. The Morgan fingerprint density at radius 1 is 1.07 bits per heavy atom. The number of rotatable bonds is 8. The number of hydrogen-bond acceptors (Lipinski definition) is 3. The highest BCUT2D eigenvalue weighted by molar-refractivity contribution is 14.0. The number of piperidine rings is 1. The highest BCUT2D eigenvalue weighted by Crippen LogP contribution is 2.18. The van der Waals surface area contributed by atoms with E-state index in [2.05, 4.69) is 64.7 Å². The van der Waals surface area contributed by atoms with Gasteiger partial charge in [-0.15, -0.1) is 24.0 Å². The van der Waals surface area contributed by atoms with Gasteiger partial charge >= 0.3 is 0 Å². The molecule has 0 bridgehead atoms. The molecule has 0 unspecified atom stereocenters. The molecule has 0 spiro atoms. The number of aromatic nitrogens is 1. The second kappa shape index (κ2) is 13.6. The largest absolute Gasteiger partial charge is 0.357 e. The fourth-order valence-corrected chi connectivity index (χ4v) is 3.60. The van der Waals surface area contributed by atoms with E-state index in [0.29, 0.717) is 6.54 Å². The lowest BCUT2D eigenvalue weighted by Gasteiger charge is -2.30. The Labute approximate surface area is 198 Å². The Morgan fingerprint density at radius 3 is 2.47 bits per heavy atom. The minimum Gasteiger partial charge on any atom is -0.357 e. The lowest BCUT2D eigenvalue weighted by atomic mass is 9.99. The molecule has 30 heavy (non-hydrogen) atoms. The van der Waals surface area contributed by atoms with Gasteiger partial charge in [0.1, 0.15) is 0 Å². The van der Waals surface area contributed by atoms with Crippen LogP contribution in [0.2, 0.25) is 0 Å². The quantitative estimate of drug-likeness (QED) is 0.310. The first-order valence-corrected chi connectivity index (χ1v) is 10.9. The fraction of sp³-hybridized carbons (Fsp3) is 0.500. The van der Waals surface area contributed by atoms with Gasteiger partial charge in [-0.1, -0.05) is 37.3 Å². The van der Waals surface area contributed by atoms with Crippen LogP contribution in [0.1, 0.15) is 43.5 Å². The van der Waals surface area contributed by atoms with Crippen LogP contribution >= 0.6 is 24.0 Å². The Kier molecular flexibility index (Phi) is 11.1. The van der Waals surface area contributed by atoms with E-state index in [4.69, 9.17) is 4.99 Å². The number of pyridine rings is 1. The predicted molar refractivity (Wildman–Crippen MR) is 136 cm³/mol. The molecule has 0 saturated carbocycles. The standard InChI is InChI=1S/C24H35N5.HI/c1-3-25-24(27-15-11-23-6-4-5-14-26-23)28-18-21-7-9-22(10-8-21)19-29-16-12-20(2)13-17-29;/h4-10,14,20H,3,11-13,15-19H2,1-2H3,(H2,25,27,28);1H. The molecule has 1 aliphatic rings. The molecule has 1 fully saturated rings. The summed E-state index contributed by atoms with van der Waals surface area (Å²) < 4.78 is 0. The van der Waals surface area contributed by atoms with Crippen molar-refractivity contribution in [1.82, 2.24) is 20.5 Å². The molecule has 6 heteroatoms. The van der Waals surface area contributed by atoms with E-state index < -0.39 is 0 Å². The summed E-state index contributed by atoms with van der Waals surface area (Å²) in [7, 11) is 0.